The fourth-order valence-electron chi connectivity index (χ4n) is 3.59. The molecule has 1 atom stereocenters. The second-order valence-electron chi connectivity index (χ2n) is 6.88. The van der Waals surface area contributed by atoms with Crippen molar-refractivity contribution in [2.24, 2.45) is 0 Å². The van der Waals surface area contributed by atoms with Crippen molar-refractivity contribution in [2.45, 2.75) is 13.0 Å². The number of hydrogen-bond donors (Lipinski definition) is 1. The largest absolute Gasteiger partial charge is 0.507 e. The maximum Gasteiger partial charge on any atom is 0.300 e. The number of nitrogens with zero attached hydrogens (tertiary/aromatic N) is 2. The lowest BCUT2D eigenvalue weighted by atomic mass is 9.96. The number of aliphatic hydroxyl groups is 1. The van der Waals surface area contributed by atoms with Gasteiger partial charge in [-0.1, -0.05) is 0 Å². The summed E-state index contributed by atoms with van der Waals surface area (Å²) in [6.45, 7) is 2.36. The Labute approximate surface area is 178 Å². The summed E-state index contributed by atoms with van der Waals surface area (Å²) in [4.78, 5) is 31.4. The summed E-state index contributed by atoms with van der Waals surface area (Å²) in [5.74, 6) is -1.80. The molecular weight excluding hydrogens is 399 g/mol. The van der Waals surface area contributed by atoms with Crippen LogP contribution in [0.5, 0.6) is 5.75 Å². The van der Waals surface area contributed by atoms with E-state index >= 15 is 0 Å². The Bertz CT molecular complexity index is 1140. The molecule has 1 N–H and O–H groups in total. The Kier molecular flexibility index (Phi) is 5.49. The Morgan fingerprint density at radius 1 is 1.03 bits per heavy atom. The number of benzene rings is 2. The first kappa shape index (κ1) is 20.3. The van der Waals surface area contributed by atoms with E-state index in [-0.39, 0.29) is 16.9 Å². The van der Waals surface area contributed by atoms with E-state index in [9.17, 15) is 19.1 Å². The van der Waals surface area contributed by atoms with Gasteiger partial charge in [-0.3, -0.25) is 19.5 Å². The van der Waals surface area contributed by atoms with Gasteiger partial charge in [0.1, 0.15) is 17.3 Å². The van der Waals surface area contributed by atoms with E-state index in [1.165, 1.54) is 29.2 Å². The number of rotatable bonds is 5. The second-order valence-corrected chi connectivity index (χ2v) is 6.88. The Hall–Kier alpha value is -4.00. The monoisotopic (exact) mass is 418 g/mol. The maximum absolute atomic E-state index is 13.3. The molecule has 0 bridgehead atoms. The molecule has 2 heterocycles. The van der Waals surface area contributed by atoms with Crippen LogP contribution in [0.2, 0.25) is 0 Å². The number of halogens is 1. The molecular formula is C24H19FN2O4. The fourth-order valence-corrected chi connectivity index (χ4v) is 3.59. The Balaban J connectivity index is 1.87. The van der Waals surface area contributed by atoms with Crippen LogP contribution in [-0.2, 0) is 9.59 Å². The highest BCUT2D eigenvalue weighted by Crippen LogP contribution is 2.42. The minimum absolute atomic E-state index is 0.0725. The number of hydrogen-bond acceptors (Lipinski definition) is 5. The van der Waals surface area contributed by atoms with E-state index < -0.39 is 23.5 Å². The number of ketones is 1. The average Bonchev–Trinajstić information content (AvgIpc) is 3.06. The Morgan fingerprint density at radius 3 is 2.29 bits per heavy atom. The highest BCUT2D eigenvalue weighted by Gasteiger charge is 2.46. The van der Waals surface area contributed by atoms with E-state index in [0.717, 1.165) is 0 Å². The van der Waals surface area contributed by atoms with Gasteiger partial charge in [0.15, 0.2) is 0 Å². The standard InChI is InChI=1S/C24H19FN2O4/c1-2-31-19-9-7-18(8-10-19)27-21(15-11-13-26-14-12-15)20(23(29)24(27)30)22(28)16-3-5-17(25)6-4-16/h3-14,21,28H,2H2,1H3/b22-20-. The van der Waals surface area contributed by atoms with Crippen LogP contribution in [0.25, 0.3) is 5.76 Å². The fraction of sp³-hybridized carbons (Fsp3) is 0.125. The van der Waals surface area contributed by atoms with Gasteiger partial charge in [0.2, 0.25) is 0 Å². The van der Waals surface area contributed by atoms with E-state index in [4.69, 9.17) is 4.74 Å². The van der Waals surface area contributed by atoms with Crippen LogP contribution in [-0.4, -0.2) is 28.4 Å². The smallest absolute Gasteiger partial charge is 0.300 e. The summed E-state index contributed by atoms with van der Waals surface area (Å²) in [5.41, 5.74) is 1.25. The van der Waals surface area contributed by atoms with E-state index in [0.29, 0.717) is 23.6 Å². The van der Waals surface area contributed by atoms with Crippen molar-refractivity contribution in [3.8, 4) is 5.75 Å². The molecule has 3 aromatic rings. The molecule has 31 heavy (non-hydrogen) atoms. The first-order chi connectivity index (χ1) is 15.0. The molecule has 4 rings (SSSR count). The minimum atomic E-state index is -0.869. The van der Waals surface area contributed by atoms with Gasteiger partial charge in [0.25, 0.3) is 11.7 Å². The van der Waals surface area contributed by atoms with Crippen molar-refractivity contribution >= 4 is 23.1 Å². The molecule has 1 unspecified atom stereocenters. The predicted molar refractivity (Wildman–Crippen MR) is 113 cm³/mol. The van der Waals surface area contributed by atoms with Crippen LogP contribution in [0.3, 0.4) is 0 Å². The van der Waals surface area contributed by atoms with Crippen LogP contribution < -0.4 is 9.64 Å². The third-order valence-corrected chi connectivity index (χ3v) is 5.01. The van der Waals surface area contributed by atoms with Crippen LogP contribution in [0, 0.1) is 5.82 Å². The summed E-state index contributed by atoms with van der Waals surface area (Å²) in [7, 11) is 0. The van der Waals surface area contributed by atoms with Crippen molar-refractivity contribution < 1.29 is 23.8 Å². The lowest BCUT2D eigenvalue weighted by Gasteiger charge is -2.25. The van der Waals surface area contributed by atoms with Crippen LogP contribution >= 0.6 is 0 Å². The quantitative estimate of drug-likeness (QED) is 0.381. The number of carbonyl (C=O) groups excluding carboxylic acids is 2. The number of pyridine rings is 1. The molecule has 0 radical (unpaired) electrons. The van der Waals surface area contributed by atoms with Gasteiger partial charge < -0.3 is 9.84 Å². The highest BCUT2D eigenvalue weighted by atomic mass is 19.1. The van der Waals surface area contributed by atoms with Gasteiger partial charge in [-0.15, -0.1) is 0 Å². The molecule has 1 aromatic heterocycles. The molecule has 156 valence electrons. The molecule has 0 saturated carbocycles. The van der Waals surface area contributed by atoms with Gasteiger partial charge in [0, 0.05) is 23.6 Å². The molecule has 0 aliphatic carbocycles. The number of aromatic nitrogens is 1. The predicted octanol–water partition coefficient (Wildman–Crippen LogP) is 4.25. The molecule has 0 spiro atoms. The highest BCUT2D eigenvalue weighted by molar-refractivity contribution is 6.51. The van der Waals surface area contributed by atoms with Crippen molar-refractivity contribution in [2.75, 3.05) is 11.5 Å². The van der Waals surface area contributed by atoms with Crippen LogP contribution in [0.1, 0.15) is 24.1 Å². The molecule has 2 aromatic carbocycles. The number of amides is 1. The third kappa shape index (κ3) is 3.77. The molecule has 6 nitrogen and oxygen atoms in total. The number of Topliss-reactive ketones (excluding diaryl/α,β-unsaturated/α-hetero) is 1. The van der Waals surface area contributed by atoms with Gasteiger partial charge in [-0.25, -0.2) is 4.39 Å². The molecule has 1 fully saturated rings. The molecule has 1 aliphatic rings. The molecule has 1 saturated heterocycles. The zero-order chi connectivity index (χ0) is 22.0. The van der Waals surface area contributed by atoms with Gasteiger partial charge in [-0.2, -0.15) is 0 Å². The van der Waals surface area contributed by atoms with E-state index in [2.05, 4.69) is 4.98 Å². The van der Waals surface area contributed by atoms with Gasteiger partial charge in [0.05, 0.1) is 18.2 Å². The summed E-state index contributed by atoms with van der Waals surface area (Å²) >= 11 is 0. The summed E-state index contributed by atoms with van der Waals surface area (Å²) in [6.07, 6.45) is 3.09. The van der Waals surface area contributed by atoms with Gasteiger partial charge >= 0.3 is 0 Å². The van der Waals surface area contributed by atoms with Crippen molar-refractivity contribution in [3.63, 3.8) is 0 Å². The van der Waals surface area contributed by atoms with Crippen LogP contribution in [0.4, 0.5) is 10.1 Å². The minimum Gasteiger partial charge on any atom is -0.507 e. The maximum atomic E-state index is 13.3. The zero-order valence-corrected chi connectivity index (χ0v) is 16.7. The number of anilines is 1. The lowest BCUT2D eigenvalue weighted by Crippen LogP contribution is -2.29. The normalized spacial score (nSPS) is 17.7. The topological polar surface area (TPSA) is 79.7 Å². The van der Waals surface area contributed by atoms with E-state index in [1.54, 1.807) is 48.8 Å². The number of ether oxygens (including phenoxy) is 1. The van der Waals surface area contributed by atoms with Gasteiger partial charge in [-0.05, 0) is 73.2 Å². The summed E-state index contributed by atoms with van der Waals surface area (Å²) in [6, 6.07) is 14.3. The zero-order valence-electron chi connectivity index (χ0n) is 16.7. The number of aliphatic hydroxyl groups excluding tert-OH is 1. The number of carbonyl (C=O) groups is 2. The summed E-state index contributed by atoms with van der Waals surface area (Å²) in [5, 5.41) is 10.9. The first-order valence-electron chi connectivity index (χ1n) is 9.71. The third-order valence-electron chi connectivity index (χ3n) is 5.01. The summed E-state index contributed by atoms with van der Waals surface area (Å²) < 4.78 is 18.8. The lowest BCUT2D eigenvalue weighted by molar-refractivity contribution is -0.132. The molecule has 1 amide bonds. The molecule has 1 aliphatic heterocycles. The SMILES string of the molecule is CCOc1ccc(N2C(=O)C(=O)/C(=C(\O)c3ccc(F)cc3)C2c2ccncc2)cc1. The first-order valence-corrected chi connectivity index (χ1v) is 9.71. The van der Waals surface area contributed by atoms with E-state index in [1.807, 2.05) is 6.92 Å². The Morgan fingerprint density at radius 2 is 1.68 bits per heavy atom. The van der Waals surface area contributed by atoms with Crippen molar-refractivity contribution in [3.05, 3.63) is 95.6 Å². The van der Waals surface area contributed by atoms with Crippen LogP contribution in [0.15, 0.2) is 78.6 Å². The second kappa shape index (κ2) is 8.39. The average molecular weight is 418 g/mol. The van der Waals surface area contributed by atoms with Crippen molar-refractivity contribution in [1.82, 2.24) is 4.98 Å². The van der Waals surface area contributed by atoms with Crippen molar-refractivity contribution in [1.29, 1.82) is 0 Å². The molecule has 7 heteroatoms.